The summed E-state index contributed by atoms with van der Waals surface area (Å²) in [5.41, 5.74) is 0.632. The van der Waals surface area contributed by atoms with E-state index in [9.17, 15) is 13.2 Å². The highest BCUT2D eigenvalue weighted by molar-refractivity contribution is 7.89. The fraction of sp³-hybridized carbons (Fsp3) is 0.632. The molecule has 0 spiro atoms. The zero-order chi connectivity index (χ0) is 18.6. The molecule has 0 aromatic heterocycles. The Hall–Kier alpha value is -1.40. The average Bonchev–Trinajstić information content (AvgIpc) is 2.53. The second-order valence-corrected chi connectivity index (χ2v) is 9.31. The first-order chi connectivity index (χ1) is 11.7. The maximum Gasteiger partial charge on any atom is 0.243 e. The van der Waals surface area contributed by atoms with E-state index in [-0.39, 0.29) is 22.9 Å². The van der Waals surface area contributed by atoms with Gasteiger partial charge in [0, 0.05) is 24.2 Å². The Bertz CT molecular complexity index is 673. The minimum Gasteiger partial charge on any atom is -0.326 e. The molecule has 1 aromatic carbocycles. The van der Waals surface area contributed by atoms with E-state index in [0.717, 1.165) is 25.7 Å². The van der Waals surface area contributed by atoms with Gasteiger partial charge in [-0.25, -0.2) is 8.42 Å². The molecule has 0 radical (unpaired) electrons. The SMILES string of the molecule is CC(C)CCC(=O)Nc1ccc(S(=O)(=O)N2C(C)CCCC2C)cc1. The van der Waals surface area contributed by atoms with E-state index in [0.29, 0.717) is 18.0 Å². The van der Waals surface area contributed by atoms with Gasteiger partial charge in [0.15, 0.2) is 0 Å². The van der Waals surface area contributed by atoms with Gasteiger partial charge in [-0.2, -0.15) is 4.31 Å². The number of sulfonamides is 1. The Kier molecular flexibility index (Phi) is 6.63. The number of benzene rings is 1. The summed E-state index contributed by atoms with van der Waals surface area (Å²) >= 11 is 0. The average molecular weight is 367 g/mol. The Morgan fingerprint density at radius 1 is 1.16 bits per heavy atom. The van der Waals surface area contributed by atoms with Gasteiger partial charge in [-0.05, 0) is 63.3 Å². The summed E-state index contributed by atoms with van der Waals surface area (Å²) in [5.74, 6) is 0.439. The van der Waals surface area contributed by atoms with Crippen molar-refractivity contribution in [2.24, 2.45) is 5.92 Å². The largest absolute Gasteiger partial charge is 0.326 e. The van der Waals surface area contributed by atoms with Crippen LogP contribution in [0.15, 0.2) is 29.2 Å². The molecule has 1 aliphatic heterocycles. The molecule has 1 amide bonds. The van der Waals surface area contributed by atoms with Crippen molar-refractivity contribution in [2.75, 3.05) is 5.32 Å². The summed E-state index contributed by atoms with van der Waals surface area (Å²) in [7, 11) is -3.51. The molecule has 0 aliphatic carbocycles. The van der Waals surface area contributed by atoms with Crippen molar-refractivity contribution in [3.63, 3.8) is 0 Å². The van der Waals surface area contributed by atoms with Crippen molar-refractivity contribution in [1.29, 1.82) is 0 Å². The van der Waals surface area contributed by atoms with Gasteiger partial charge in [-0.15, -0.1) is 0 Å². The smallest absolute Gasteiger partial charge is 0.243 e. The van der Waals surface area contributed by atoms with E-state index in [1.54, 1.807) is 28.6 Å². The van der Waals surface area contributed by atoms with Crippen LogP contribution in [-0.2, 0) is 14.8 Å². The molecule has 1 fully saturated rings. The molecule has 1 aliphatic rings. The van der Waals surface area contributed by atoms with Crippen LogP contribution in [0.1, 0.15) is 59.8 Å². The number of nitrogens with zero attached hydrogens (tertiary/aromatic N) is 1. The highest BCUT2D eigenvalue weighted by atomic mass is 32.2. The molecule has 2 rings (SSSR count). The molecule has 0 saturated carbocycles. The first-order valence-electron chi connectivity index (χ1n) is 9.15. The molecule has 1 saturated heterocycles. The molecular formula is C19H30N2O3S. The molecule has 2 unspecified atom stereocenters. The van der Waals surface area contributed by atoms with Crippen LogP contribution in [0.2, 0.25) is 0 Å². The lowest BCUT2D eigenvalue weighted by Gasteiger charge is -2.37. The molecule has 2 atom stereocenters. The van der Waals surface area contributed by atoms with Crippen LogP contribution in [0, 0.1) is 5.92 Å². The highest BCUT2D eigenvalue weighted by Crippen LogP contribution is 2.29. The fourth-order valence-electron chi connectivity index (χ4n) is 3.35. The number of anilines is 1. The molecule has 6 heteroatoms. The van der Waals surface area contributed by atoms with Gasteiger partial charge in [-0.1, -0.05) is 20.3 Å². The Labute approximate surface area is 151 Å². The molecule has 25 heavy (non-hydrogen) atoms. The van der Waals surface area contributed by atoms with Crippen molar-refractivity contribution in [3.05, 3.63) is 24.3 Å². The Balaban J connectivity index is 2.09. The highest BCUT2D eigenvalue weighted by Gasteiger charge is 2.35. The number of nitrogens with one attached hydrogen (secondary N) is 1. The molecule has 1 N–H and O–H groups in total. The van der Waals surface area contributed by atoms with Crippen LogP contribution in [0.5, 0.6) is 0 Å². The van der Waals surface area contributed by atoms with Crippen molar-refractivity contribution in [3.8, 4) is 0 Å². The number of carbonyl (C=O) groups is 1. The van der Waals surface area contributed by atoms with Crippen LogP contribution in [0.25, 0.3) is 0 Å². The van der Waals surface area contributed by atoms with E-state index >= 15 is 0 Å². The van der Waals surface area contributed by atoms with Crippen molar-refractivity contribution in [1.82, 2.24) is 4.31 Å². The number of amides is 1. The summed E-state index contributed by atoms with van der Waals surface area (Å²) < 4.78 is 27.5. The van der Waals surface area contributed by atoms with E-state index in [2.05, 4.69) is 19.2 Å². The number of hydrogen-bond donors (Lipinski definition) is 1. The van der Waals surface area contributed by atoms with Crippen molar-refractivity contribution in [2.45, 2.75) is 76.8 Å². The first-order valence-corrected chi connectivity index (χ1v) is 10.6. The fourth-order valence-corrected chi connectivity index (χ4v) is 5.23. The molecule has 1 aromatic rings. The van der Waals surface area contributed by atoms with Crippen LogP contribution >= 0.6 is 0 Å². The van der Waals surface area contributed by atoms with E-state index in [1.807, 2.05) is 13.8 Å². The maximum atomic E-state index is 13.0. The first kappa shape index (κ1) is 19.9. The van der Waals surface area contributed by atoms with Gasteiger partial charge in [-0.3, -0.25) is 4.79 Å². The topological polar surface area (TPSA) is 66.5 Å². The van der Waals surface area contributed by atoms with E-state index in [4.69, 9.17) is 0 Å². The molecule has 5 nitrogen and oxygen atoms in total. The third-order valence-electron chi connectivity index (χ3n) is 4.77. The third kappa shape index (κ3) is 5.05. The standard InChI is InChI=1S/C19H30N2O3S/c1-14(2)8-13-19(22)20-17-9-11-18(12-10-17)25(23,24)21-15(3)6-5-7-16(21)4/h9-12,14-16H,5-8,13H2,1-4H3,(H,20,22). The van der Waals surface area contributed by atoms with Crippen molar-refractivity contribution < 1.29 is 13.2 Å². The van der Waals surface area contributed by atoms with Crippen molar-refractivity contribution >= 4 is 21.6 Å². The second kappa shape index (κ2) is 8.32. The van der Waals surface area contributed by atoms with Gasteiger partial charge in [0.1, 0.15) is 0 Å². The summed E-state index contributed by atoms with van der Waals surface area (Å²) in [5, 5.41) is 2.83. The zero-order valence-electron chi connectivity index (χ0n) is 15.7. The van der Waals surface area contributed by atoms with Gasteiger partial charge in [0.05, 0.1) is 4.90 Å². The predicted octanol–water partition coefficient (Wildman–Crippen LogP) is 4.01. The number of piperidine rings is 1. The van der Waals surface area contributed by atoms with Crippen LogP contribution in [-0.4, -0.2) is 30.7 Å². The quantitative estimate of drug-likeness (QED) is 0.827. The normalized spacial score (nSPS) is 22.1. The minimum atomic E-state index is -3.51. The number of carbonyl (C=O) groups excluding carboxylic acids is 1. The van der Waals surface area contributed by atoms with Crippen LogP contribution < -0.4 is 5.32 Å². The number of hydrogen-bond acceptors (Lipinski definition) is 3. The Morgan fingerprint density at radius 2 is 1.72 bits per heavy atom. The van der Waals surface area contributed by atoms with Gasteiger partial charge in [0.25, 0.3) is 0 Å². The van der Waals surface area contributed by atoms with E-state index < -0.39 is 10.0 Å². The third-order valence-corrected chi connectivity index (χ3v) is 6.92. The summed E-state index contributed by atoms with van der Waals surface area (Å²) in [6.07, 6.45) is 4.17. The van der Waals surface area contributed by atoms with Gasteiger partial charge in [0.2, 0.25) is 15.9 Å². The summed E-state index contributed by atoms with van der Waals surface area (Å²) in [6.45, 7) is 8.10. The van der Waals surface area contributed by atoms with Crippen LogP contribution in [0.3, 0.4) is 0 Å². The lowest BCUT2D eigenvalue weighted by molar-refractivity contribution is -0.116. The lowest BCUT2D eigenvalue weighted by Crippen LogP contribution is -2.47. The van der Waals surface area contributed by atoms with Gasteiger partial charge >= 0.3 is 0 Å². The summed E-state index contributed by atoms with van der Waals surface area (Å²) in [6, 6.07) is 6.54. The maximum absolute atomic E-state index is 13.0. The van der Waals surface area contributed by atoms with Crippen LogP contribution in [0.4, 0.5) is 5.69 Å². The molecule has 1 heterocycles. The minimum absolute atomic E-state index is 0.0177. The molecular weight excluding hydrogens is 336 g/mol. The lowest BCUT2D eigenvalue weighted by atomic mass is 10.0. The Morgan fingerprint density at radius 3 is 2.24 bits per heavy atom. The zero-order valence-corrected chi connectivity index (χ0v) is 16.5. The van der Waals surface area contributed by atoms with E-state index in [1.165, 1.54) is 0 Å². The molecule has 0 bridgehead atoms. The monoisotopic (exact) mass is 366 g/mol. The predicted molar refractivity (Wildman–Crippen MR) is 101 cm³/mol. The summed E-state index contributed by atoms with van der Waals surface area (Å²) in [4.78, 5) is 12.2. The second-order valence-electron chi connectivity index (χ2n) is 7.47. The number of rotatable bonds is 6. The van der Waals surface area contributed by atoms with Gasteiger partial charge < -0.3 is 5.32 Å². The molecule has 140 valence electrons.